The number of rotatable bonds is 3. The molecule has 1 aromatic rings. The van der Waals surface area contributed by atoms with Gasteiger partial charge in [0.25, 0.3) is 0 Å². The Hall–Kier alpha value is -0.610. The molecule has 17 heavy (non-hydrogen) atoms. The Morgan fingerprint density at radius 3 is 2.88 bits per heavy atom. The molecule has 0 spiro atoms. The lowest BCUT2D eigenvalue weighted by Gasteiger charge is -2.32. The molecule has 1 aliphatic heterocycles. The van der Waals surface area contributed by atoms with Crippen molar-refractivity contribution in [3.05, 3.63) is 34.9 Å². The van der Waals surface area contributed by atoms with E-state index in [9.17, 15) is 8.78 Å². The molecule has 0 bridgehead atoms. The van der Waals surface area contributed by atoms with E-state index in [4.69, 9.17) is 0 Å². The zero-order valence-corrected chi connectivity index (χ0v) is 10.9. The summed E-state index contributed by atoms with van der Waals surface area (Å²) < 4.78 is 26.9. The average Bonchev–Trinajstić information content (AvgIpc) is 2.32. The van der Waals surface area contributed by atoms with E-state index in [1.54, 1.807) is 17.8 Å². The second-order valence-electron chi connectivity index (χ2n) is 4.38. The fourth-order valence-corrected chi connectivity index (χ4v) is 3.34. The normalized spacial score (nSPS) is 23.5. The van der Waals surface area contributed by atoms with Gasteiger partial charge in [-0.05, 0) is 24.6 Å². The molecule has 0 aliphatic carbocycles. The van der Waals surface area contributed by atoms with Crippen LogP contribution in [0.4, 0.5) is 8.78 Å². The fraction of sp³-hybridized carbons (Fsp3) is 0.538. The van der Waals surface area contributed by atoms with Gasteiger partial charge in [0.2, 0.25) is 0 Å². The van der Waals surface area contributed by atoms with Gasteiger partial charge in [-0.25, -0.2) is 8.78 Å². The van der Waals surface area contributed by atoms with Crippen molar-refractivity contribution in [3.63, 3.8) is 0 Å². The molecule has 4 heteroatoms. The maximum absolute atomic E-state index is 13.7. The summed E-state index contributed by atoms with van der Waals surface area (Å²) in [6.07, 6.45) is 1.03. The highest BCUT2D eigenvalue weighted by Gasteiger charge is 2.29. The highest BCUT2D eigenvalue weighted by Crippen LogP contribution is 2.38. The van der Waals surface area contributed by atoms with Crippen LogP contribution >= 0.6 is 11.8 Å². The van der Waals surface area contributed by atoms with E-state index in [1.165, 1.54) is 6.07 Å². The van der Waals surface area contributed by atoms with E-state index < -0.39 is 11.6 Å². The van der Waals surface area contributed by atoms with Gasteiger partial charge in [0.15, 0.2) is 11.6 Å². The van der Waals surface area contributed by atoms with E-state index >= 15 is 0 Å². The first kappa shape index (κ1) is 12.8. The number of hydrogen-bond acceptors (Lipinski definition) is 2. The summed E-state index contributed by atoms with van der Waals surface area (Å²) in [7, 11) is 0. The summed E-state index contributed by atoms with van der Waals surface area (Å²) in [5.74, 6) is -0.858. The smallest absolute Gasteiger partial charge is 0.163 e. The highest BCUT2D eigenvalue weighted by molar-refractivity contribution is 7.99. The van der Waals surface area contributed by atoms with Gasteiger partial charge in [-0.1, -0.05) is 19.9 Å². The van der Waals surface area contributed by atoms with Gasteiger partial charge in [0, 0.05) is 22.6 Å². The van der Waals surface area contributed by atoms with E-state index in [2.05, 4.69) is 19.2 Å². The SMILES string of the molecule is CCCNC1c2ccc(F)c(F)c2CSC1C. The molecule has 1 N–H and O–H groups in total. The minimum absolute atomic E-state index is 0.124. The lowest BCUT2D eigenvalue weighted by molar-refractivity contribution is 0.480. The van der Waals surface area contributed by atoms with Crippen molar-refractivity contribution in [2.24, 2.45) is 0 Å². The van der Waals surface area contributed by atoms with E-state index in [0.29, 0.717) is 16.6 Å². The molecule has 1 aliphatic rings. The Labute approximate surface area is 105 Å². The van der Waals surface area contributed by atoms with Crippen molar-refractivity contribution >= 4 is 11.8 Å². The zero-order valence-electron chi connectivity index (χ0n) is 10.1. The van der Waals surface area contributed by atoms with Gasteiger partial charge in [0.05, 0.1) is 0 Å². The Balaban J connectivity index is 2.34. The molecular weight excluding hydrogens is 240 g/mol. The minimum atomic E-state index is -0.742. The standard InChI is InChI=1S/C13H17F2NS/c1-3-6-16-13-8(2)17-7-10-9(13)4-5-11(14)12(10)15/h4-5,8,13,16H,3,6-7H2,1-2H3. The molecule has 0 saturated carbocycles. The Kier molecular flexibility index (Phi) is 4.05. The predicted octanol–water partition coefficient (Wildman–Crippen LogP) is 3.64. The summed E-state index contributed by atoms with van der Waals surface area (Å²) >= 11 is 1.67. The zero-order chi connectivity index (χ0) is 12.4. The van der Waals surface area contributed by atoms with Crippen LogP contribution in [0.15, 0.2) is 12.1 Å². The summed E-state index contributed by atoms with van der Waals surface area (Å²) in [4.78, 5) is 0. The molecule has 1 heterocycles. The summed E-state index contributed by atoms with van der Waals surface area (Å²) in [6, 6.07) is 3.08. The van der Waals surface area contributed by atoms with Gasteiger partial charge in [-0.2, -0.15) is 11.8 Å². The molecule has 2 unspecified atom stereocenters. The van der Waals surface area contributed by atoms with Crippen molar-refractivity contribution in [2.45, 2.75) is 37.3 Å². The lowest BCUT2D eigenvalue weighted by atomic mass is 9.97. The first-order valence-electron chi connectivity index (χ1n) is 5.97. The van der Waals surface area contributed by atoms with Crippen LogP contribution in [0.25, 0.3) is 0 Å². The van der Waals surface area contributed by atoms with Crippen molar-refractivity contribution in [1.82, 2.24) is 5.32 Å². The summed E-state index contributed by atoms with van der Waals surface area (Å²) in [5, 5.41) is 3.80. The molecule has 0 saturated heterocycles. The third kappa shape index (κ3) is 2.47. The van der Waals surface area contributed by atoms with Crippen molar-refractivity contribution < 1.29 is 8.78 Å². The van der Waals surface area contributed by atoms with Gasteiger partial charge in [-0.3, -0.25) is 0 Å². The van der Waals surface area contributed by atoms with Crippen LogP contribution in [0.1, 0.15) is 37.4 Å². The average molecular weight is 257 g/mol. The minimum Gasteiger partial charge on any atom is -0.309 e. The molecule has 2 rings (SSSR count). The van der Waals surface area contributed by atoms with Crippen molar-refractivity contribution in [2.75, 3.05) is 6.54 Å². The van der Waals surface area contributed by atoms with Crippen molar-refractivity contribution in [3.8, 4) is 0 Å². The van der Waals surface area contributed by atoms with Crippen LogP contribution < -0.4 is 5.32 Å². The first-order chi connectivity index (χ1) is 8.15. The largest absolute Gasteiger partial charge is 0.309 e. The molecule has 0 fully saturated rings. The Morgan fingerprint density at radius 1 is 1.41 bits per heavy atom. The third-order valence-electron chi connectivity index (χ3n) is 3.14. The van der Waals surface area contributed by atoms with Gasteiger partial charge < -0.3 is 5.32 Å². The molecular formula is C13H17F2NS. The molecule has 94 valence electrons. The molecule has 0 radical (unpaired) electrons. The quantitative estimate of drug-likeness (QED) is 0.887. The van der Waals surface area contributed by atoms with Crippen molar-refractivity contribution in [1.29, 1.82) is 0 Å². The number of fused-ring (bicyclic) bond motifs is 1. The maximum Gasteiger partial charge on any atom is 0.163 e. The molecule has 0 amide bonds. The van der Waals surface area contributed by atoms with Crippen LogP contribution in [0.5, 0.6) is 0 Å². The number of benzene rings is 1. The molecule has 2 atom stereocenters. The van der Waals surface area contributed by atoms with E-state index in [-0.39, 0.29) is 6.04 Å². The van der Waals surface area contributed by atoms with Crippen LogP contribution in [0, 0.1) is 11.6 Å². The van der Waals surface area contributed by atoms with E-state index in [1.807, 2.05) is 0 Å². The maximum atomic E-state index is 13.7. The number of halogens is 2. The van der Waals surface area contributed by atoms with Crippen LogP contribution in [-0.4, -0.2) is 11.8 Å². The third-order valence-corrected chi connectivity index (χ3v) is 4.39. The Morgan fingerprint density at radius 2 is 2.18 bits per heavy atom. The van der Waals surface area contributed by atoms with Crippen LogP contribution in [0.3, 0.4) is 0 Å². The lowest BCUT2D eigenvalue weighted by Crippen LogP contribution is -2.33. The Bertz CT molecular complexity index is 409. The van der Waals surface area contributed by atoms with Crippen LogP contribution in [0.2, 0.25) is 0 Å². The van der Waals surface area contributed by atoms with Gasteiger partial charge in [-0.15, -0.1) is 0 Å². The first-order valence-corrected chi connectivity index (χ1v) is 7.01. The van der Waals surface area contributed by atoms with Gasteiger partial charge in [0.1, 0.15) is 0 Å². The number of thioether (sulfide) groups is 1. The highest BCUT2D eigenvalue weighted by atomic mass is 32.2. The van der Waals surface area contributed by atoms with E-state index in [0.717, 1.165) is 18.5 Å². The molecule has 1 nitrogen and oxygen atoms in total. The monoisotopic (exact) mass is 257 g/mol. The summed E-state index contributed by atoms with van der Waals surface area (Å²) in [6.45, 7) is 5.12. The topological polar surface area (TPSA) is 12.0 Å². The molecule has 0 aromatic heterocycles. The predicted molar refractivity (Wildman–Crippen MR) is 68.1 cm³/mol. The number of hydrogen-bond donors (Lipinski definition) is 1. The fourth-order valence-electron chi connectivity index (χ4n) is 2.19. The van der Waals surface area contributed by atoms with Gasteiger partial charge >= 0.3 is 0 Å². The second kappa shape index (κ2) is 5.36. The number of nitrogens with one attached hydrogen (secondary N) is 1. The van der Waals surface area contributed by atoms with Crippen LogP contribution in [-0.2, 0) is 5.75 Å². The molecule has 1 aromatic carbocycles. The second-order valence-corrected chi connectivity index (χ2v) is 5.74. The summed E-state index contributed by atoms with van der Waals surface area (Å²) in [5.41, 5.74) is 1.45.